The first-order chi connectivity index (χ1) is 9.14. The molecule has 19 heavy (non-hydrogen) atoms. The van der Waals surface area contributed by atoms with Gasteiger partial charge in [0.25, 0.3) is 0 Å². The van der Waals surface area contributed by atoms with E-state index in [-0.39, 0.29) is 0 Å². The number of nitrogens with one attached hydrogen (secondary N) is 1. The maximum atomic E-state index is 4.92. The third-order valence-electron chi connectivity index (χ3n) is 4.03. The number of aromatic nitrogens is 2. The Labute approximate surface area is 118 Å². The van der Waals surface area contributed by atoms with Gasteiger partial charge in [-0.05, 0) is 39.2 Å². The molecule has 0 aliphatic rings. The predicted octanol–water partition coefficient (Wildman–Crippen LogP) is 4.04. The van der Waals surface area contributed by atoms with Crippen molar-refractivity contribution in [2.75, 3.05) is 6.54 Å². The van der Waals surface area contributed by atoms with Gasteiger partial charge >= 0.3 is 0 Å². The van der Waals surface area contributed by atoms with Crippen LogP contribution < -0.4 is 5.32 Å². The van der Waals surface area contributed by atoms with E-state index in [1.807, 2.05) is 0 Å². The molecule has 110 valence electrons. The van der Waals surface area contributed by atoms with Crippen LogP contribution in [0.1, 0.15) is 83.4 Å². The monoisotopic (exact) mass is 265 g/mol. The summed E-state index contributed by atoms with van der Waals surface area (Å²) in [5.41, 5.74) is 4.15. The molecule has 0 bridgehead atoms. The van der Waals surface area contributed by atoms with Crippen molar-refractivity contribution in [3.8, 4) is 0 Å². The third-order valence-corrected chi connectivity index (χ3v) is 4.03. The van der Waals surface area contributed by atoms with Crippen molar-refractivity contribution >= 4 is 0 Å². The Morgan fingerprint density at radius 2 is 1.68 bits per heavy atom. The van der Waals surface area contributed by atoms with E-state index < -0.39 is 0 Å². The topological polar surface area (TPSA) is 29.9 Å². The summed E-state index contributed by atoms with van der Waals surface area (Å²) in [6.45, 7) is 14.4. The van der Waals surface area contributed by atoms with Crippen molar-refractivity contribution < 1.29 is 0 Å². The van der Waals surface area contributed by atoms with E-state index in [9.17, 15) is 0 Å². The van der Waals surface area contributed by atoms with Crippen LogP contribution in [0.5, 0.6) is 0 Å². The van der Waals surface area contributed by atoms with Gasteiger partial charge in [0.2, 0.25) is 0 Å². The maximum Gasteiger partial charge on any atom is 0.0672 e. The van der Waals surface area contributed by atoms with E-state index in [2.05, 4.69) is 51.5 Å². The molecule has 0 aliphatic heterocycles. The van der Waals surface area contributed by atoms with Crippen LogP contribution in [-0.4, -0.2) is 16.3 Å². The lowest BCUT2D eigenvalue weighted by Crippen LogP contribution is -2.20. The summed E-state index contributed by atoms with van der Waals surface area (Å²) in [5.74, 6) is 0. The van der Waals surface area contributed by atoms with Crippen LogP contribution in [0.2, 0.25) is 0 Å². The molecule has 0 saturated carbocycles. The van der Waals surface area contributed by atoms with Gasteiger partial charge in [0, 0.05) is 17.3 Å². The SMILES string of the molecule is CCNC(C)c1c(CC)nn(C(CC)CC)c1CC. The molecule has 0 spiro atoms. The van der Waals surface area contributed by atoms with E-state index in [0.717, 1.165) is 32.2 Å². The van der Waals surface area contributed by atoms with Crippen LogP contribution in [-0.2, 0) is 12.8 Å². The van der Waals surface area contributed by atoms with Gasteiger partial charge in [0.05, 0.1) is 11.7 Å². The molecule has 0 saturated heterocycles. The standard InChI is InChI=1S/C16H31N3/c1-7-13(8-2)19-15(10-4)16(12(6)17-11-5)14(9-3)18-19/h12-13,17H,7-11H2,1-6H3. The lowest BCUT2D eigenvalue weighted by molar-refractivity contribution is 0.412. The van der Waals surface area contributed by atoms with E-state index in [1.54, 1.807) is 0 Å². The van der Waals surface area contributed by atoms with Crippen LogP contribution in [0.15, 0.2) is 0 Å². The number of rotatable bonds is 8. The van der Waals surface area contributed by atoms with Gasteiger partial charge in [0.15, 0.2) is 0 Å². The fourth-order valence-corrected chi connectivity index (χ4v) is 2.99. The second kappa shape index (κ2) is 7.68. The Kier molecular flexibility index (Phi) is 6.56. The second-order valence-electron chi connectivity index (χ2n) is 5.21. The molecule has 0 fully saturated rings. The van der Waals surface area contributed by atoms with Crippen molar-refractivity contribution in [2.24, 2.45) is 0 Å². The number of nitrogens with zero attached hydrogens (tertiary/aromatic N) is 2. The minimum atomic E-state index is 0.401. The van der Waals surface area contributed by atoms with Crippen molar-refractivity contribution in [1.82, 2.24) is 15.1 Å². The van der Waals surface area contributed by atoms with E-state index in [4.69, 9.17) is 5.10 Å². The van der Waals surface area contributed by atoms with Crippen molar-refractivity contribution in [1.29, 1.82) is 0 Å². The van der Waals surface area contributed by atoms with Crippen LogP contribution in [0, 0.1) is 0 Å². The van der Waals surface area contributed by atoms with Crippen molar-refractivity contribution in [3.05, 3.63) is 17.0 Å². The summed E-state index contributed by atoms with van der Waals surface area (Å²) in [6.07, 6.45) is 4.40. The number of hydrogen-bond acceptors (Lipinski definition) is 2. The predicted molar refractivity (Wildman–Crippen MR) is 82.7 cm³/mol. The largest absolute Gasteiger partial charge is 0.310 e. The molecule has 1 atom stereocenters. The molecule has 1 aromatic rings. The highest BCUT2D eigenvalue weighted by Gasteiger charge is 2.22. The average Bonchev–Trinajstić information content (AvgIpc) is 2.79. The summed E-state index contributed by atoms with van der Waals surface area (Å²) >= 11 is 0. The zero-order valence-corrected chi connectivity index (χ0v) is 13.6. The lowest BCUT2D eigenvalue weighted by Gasteiger charge is -2.19. The maximum absolute atomic E-state index is 4.92. The molecule has 0 aliphatic carbocycles. The first-order valence-electron chi connectivity index (χ1n) is 7.97. The average molecular weight is 265 g/mol. The zero-order chi connectivity index (χ0) is 14.4. The highest BCUT2D eigenvalue weighted by atomic mass is 15.3. The third kappa shape index (κ3) is 3.38. The Morgan fingerprint density at radius 3 is 2.11 bits per heavy atom. The highest BCUT2D eigenvalue weighted by molar-refractivity contribution is 5.30. The van der Waals surface area contributed by atoms with Crippen molar-refractivity contribution in [3.63, 3.8) is 0 Å². The molecule has 3 heteroatoms. The van der Waals surface area contributed by atoms with Crippen LogP contribution in [0.4, 0.5) is 0 Å². The Hall–Kier alpha value is -0.830. The zero-order valence-electron chi connectivity index (χ0n) is 13.6. The van der Waals surface area contributed by atoms with Crippen molar-refractivity contribution in [2.45, 2.75) is 79.3 Å². The molecule has 3 nitrogen and oxygen atoms in total. The molecule has 1 heterocycles. The summed E-state index contributed by atoms with van der Waals surface area (Å²) in [4.78, 5) is 0. The second-order valence-corrected chi connectivity index (χ2v) is 5.21. The van der Waals surface area contributed by atoms with Gasteiger partial charge in [0.1, 0.15) is 0 Å². The number of hydrogen-bond donors (Lipinski definition) is 1. The molecule has 1 aromatic heterocycles. The molecule has 0 amide bonds. The summed E-state index contributed by atoms with van der Waals surface area (Å²) in [6, 6.07) is 0.945. The smallest absolute Gasteiger partial charge is 0.0672 e. The van der Waals surface area contributed by atoms with Gasteiger partial charge in [-0.3, -0.25) is 4.68 Å². The van der Waals surface area contributed by atoms with E-state index in [1.165, 1.54) is 17.0 Å². The van der Waals surface area contributed by atoms with Crippen LogP contribution >= 0.6 is 0 Å². The summed E-state index contributed by atoms with van der Waals surface area (Å²) in [5, 5.41) is 8.47. The van der Waals surface area contributed by atoms with Crippen LogP contribution in [0.25, 0.3) is 0 Å². The molecular formula is C16H31N3. The minimum absolute atomic E-state index is 0.401. The van der Waals surface area contributed by atoms with Gasteiger partial charge < -0.3 is 5.32 Å². The highest BCUT2D eigenvalue weighted by Crippen LogP contribution is 2.28. The van der Waals surface area contributed by atoms with Crippen LogP contribution in [0.3, 0.4) is 0 Å². The van der Waals surface area contributed by atoms with E-state index >= 15 is 0 Å². The molecule has 0 radical (unpaired) electrons. The van der Waals surface area contributed by atoms with Gasteiger partial charge in [-0.15, -0.1) is 0 Å². The Balaban J connectivity index is 3.27. The Morgan fingerprint density at radius 1 is 1.05 bits per heavy atom. The summed E-state index contributed by atoms with van der Waals surface area (Å²) in [7, 11) is 0. The van der Waals surface area contributed by atoms with E-state index in [0.29, 0.717) is 12.1 Å². The molecule has 1 unspecified atom stereocenters. The summed E-state index contributed by atoms with van der Waals surface area (Å²) < 4.78 is 2.31. The first kappa shape index (κ1) is 16.2. The lowest BCUT2D eigenvalue weighted by atomic mass is 10.0. The van der Waals surface area contributed by atoms with Gasteiger partial charge in [-0.25, -0.2) is 0 Å². The normalized spacial score (nSPS) is 13.2. The Bertz CT molecular complexity index is 378. The fraction of sp³-hybridized carbons (Fsp3) is 0.812. The quantitative estimate of drug-likeness (QED) is 0.769. The molecule has 0 aromatic carbocycles. The van der Waals surface area contributed by atoms with Gasteiger partial charge in [-0.1, -0.05) is 34.6 Å². The molecule has 1 rings (SSSR count). The molecule has 1 N–H and O–H groups in total. The fourth-order valence-electron chi connectivity index (χ4n) is 2.99. The minimum Gasteiger partial charge on any atom is -0.310 e. The first-order valence-corrected chi connectivity index (χ1v) is 7.97. The molecular weight excluding hydrogens is 234 g/mol. The van der Waals surface area contributed by atoms with Gasteiger partial charge in [-0.2, -0.15) is 5.10 Å². The number of aryl methyl sites for hydroxylation is 1.